The molecule has 0 aliphatic carbocycles. The average Bonchev–Trinajstić information content (AvgIpc) is 3.26. The van der Waals surface area contributed by atoms with Gasteiger partial charge in [-0.05, 0) is 83.2 Å². The Morgan fingerprint density at radius 2 is 1.75 bits per heavy atom. The van der Waals surface area contributed by atoms with E-state index in [0.29, 0.717) is 49.2 Å². The topological polar surface area (TPSA) is 126 Å². The Balaban J connectivity index is 1.46. The predicted molar refractivity (Wildman–Crippen MR) is 174 cm³/mol. The highest BCUT2D eigenvalue weighted by Gasteiger charge is 2.36. The molecule has 0 saturated heterocycles. The second kappa shape index (κ2) is 15.1. The lowest BCUT2D eigenvalue weighted by atomic mass is 10.1. The first-order chi connectivity index (χ1) is 21.1. The Bertz CT molecular complexity index is 1590. The van der Waals surface area contributed by atoms with Gasteiger partial charge in [-0.1, -0.05) is 34.1 Å². The number of rotatable bonds is 12. The van der Waals surface area contributed by atoms with Crippen molar-refractivity contribution in [3.8, 4) is 5.75 Å². The molecular weight excluding hydrogens is 696 g/mol. The van der Waals surface area contributed by atoms with Crippen LogP contribution in [0.25, 0.3) is 0 Å². The highest BCUT2D eigenvalue weighted by atomic mass is 79.9. The highest BCUT2D eigenvalue weighted by molar-refractivity contribution is 9.11. The van der Waals surface area contributed by atoms with Gasteiger partial charge in [0.2, 0.25) is 5.91 Å². The summed E-state index contributed by atoms with van der Waals surface area (Å²) in [4.78, 5) is 56.2. The van der Waals surface area contributed by atoms with Gasteiger partial charge in [-0.3, -0.25) is 14.4 Å². The smallest absolute Gasteiger partial charge is 0.328 e. The van der Waals surface area contributed by atoms with E-state index in [-0.39, 0.29) is 23.4 Å². The molecule has 10 nitrogen and oxygen atoms in total. The van der Waals surface area contributed by atoms with Gasteiger partial charge in [0.05, 0.1) is 32.1 Å². The Kier molecular flexibility index (Phi) is 11.3. The molecule has 0 unspecified atom stereocenters. The number of methoxy groups -OCH3 is 2. The summed E-state index contributed by atoms with van der Waals surface area (Å²) in [5.41, 5.74) is 3.45. The van der Waals surface area contributed by atoms with Crippen molar-refractivity contribution in [1.29, 1.82) is 0 Å². The molecule has 0 saturated carbocycles. The molecule has 1 aliphatic rings. The van der Waals surface area contributed by atoms with Gasteiger partial charge in [0.1, 0.15) is 17.5 Å². The van der Waals surface area contributed by atoms with Crippen molar-refractivity contribution in [3.63, 3.8) is 0 Å². The number of hydrogen-bond acceptors (Lipinski definition) is 7. The van der Waals surface area contributed by atoms with Gasteiger partial charge in [-0.15, -0.1) is 0 Å². The maximum Gasteiger partial charge on any atom is 0.328 e. The molecule has 2 N–H and O–H groups in total. The summed E-state index contributed by atoms with van der Waals surface area (Å²) in [5, 5.41) is 5.45. The number of esters is 1. The number of aliphatic imine (C=N–C) groups is 1. The Labute approximate surface area is 272 Å². The van der Waals surface area contributed by atoms with Crippen LogP contribution in [0.1, 0.15) is 47.7 Å². The van der Waals surface area contributed by atoms with Gasteiger partial charge in [0.25, 0.3) is 11.8 Å². The molecule has 3 aromatic carbocycles. The molecule has 3 aromatic rings. The van der Waals surface area contributed by atoms with E-state index in [2.05, 4.69) is 42.5 Å². The van der Waals surface area contributed by atoms with E-state index in [1.54, 1.807) is 36.3 Å². The number of ether oxygens (including phenoxy) is 2. The van der Waals surface area contributed by atoms with E-state index in [0.717, 1.165) is 25.9 Å². The normalized spacial score (nSPS) is 13.8. The van der Waals surface area contributed by atoms with Crippen molar-refractivity contribution in [1.82, 2.24) is 10.6 Å². The van der Waals surface area contributed by atoms with Gasteiger partial charge >= 0.3 is 5.97 Å². The number of unbranched alkanes of at least 4 members (excludes halogenated alkanes) is 1. The summed E-state index contributed by atoms with van der Waals surface area (Å²) in [6.07, 6.45) is 1.58. The van der Waals surface area contributed by atoms with Gasteiger partial charge in [0.15, 0.2) is 0 Å². The van der Waals surface area contributed by atoms with Crippen LogP contribution in [0.2, 0.25) is 0 Å². The van der Waals surface area contributed by atoms with Gasteiger partial charge < -0.3 is 25.0 Å². The van der Waals surface area contributed by atoms with Crippen molar-refractivity contribution in [2.45, 2.75) is 38.8 Å². The van der Waals surface area contributed by atoms with Crippen LogP contribution in [-0.4, -0.2) is 56.2 Å². The molecule has 0 spiro atoms. The van der Waals surface area contributed by atoms with Gasteiger partial charge in [-0.2, -0.15) is 0 Å². The fraction of sp³-hybridized carbons (Fsp3) is 0.281. The van der Waals surface area contributed by atoms with Crippen LogP contribution in [0.4, 0.5) is 11.4 Å². The summed E-state index contributed by atoms with van der Waals surface area (Å²) in [6.45, 7) is 2.05. The molecule has 1 aliphatic heterocycles. The molecule has 44 heavy (non-hydrogen) atoms. The van der Waals surface area contributed by atoms with Crippen LogP contribution in [0.3, 0.4) is 0 Å². The monoisotopic (exact) mass is 726 g/mol. The number of anilines is 1. The SMILES string of the molecule is COC(=O)[C@H](CCCCNC(=O)c1cccc(N=C2C(=O)N(Cc3ccc(OC)cc3)c3c(Br)cc(Br)cc32)c1)NC(C)=O. The second-order valence-electron chi connectivity index (χ2n) is 10.1. The zero-order valence-electron chi connectivity index (χ0n) is 24.5. The zero-order valence-corrected chi connectivity index (χ0v) is 27.7. The third kappa shape index (κ3) is 8.11. The molecule has 1 atom stereocenters. The number of carbonyl (C=O) groups is 4. The zero-order chi connectivity index (χ0) is 31.8. The summed E-state index contributed by atoms with van der Waals surface area (Å²) in [5.74, 6) is -0.635. The fourth-order valence-electron chi connectivity index (χ4n) is 4.80. The highest BCUT2D eigenvalue weighted by Crippen LogP contribution is 2.40. The summed E-state index contributed by atoms with van der Waals surface area (Å²) >= 11 is 7.14. The number of benzene rings is 3. The fourth-order valence-corrected chi connectivity index (χ4v) is 6.24. The minimum Gasteiger partial charge on any atom is -0.497 e. The van der Waals surface area contributed by atoms with Crippen LogP contribution < -0.4 is 20.3 Å². The lowest BCUT2D eigenvalue weighted by Gasteiger charge is -2.18. The Hall–Kier alpha value is -4.03. The first-order valence-electron chi connectivity index (χ1n) is 13.9. The van der Waals surface area contributed by atoms with Crippen molar-refractivity contribution in [2.24, 2.45) is 4.99 Å². The molecule has 4 rings (SSSR count). The maximum atomic E-state index is 13.8. The third-order valence-corrected chi connectivity index (χ3v) is 7.98. The number of nitrogens with zero attached hydrogens (tertiary/aromatic N) is 2. The van der Waals surface area contributed by atoms with Crippen LogP contribution in [0.5, 0.6) is 5.75 Å². The second-order valence-corrected chi connectivity index (χ2v) is 11.8. The van der Waals surface area contributed by atoms with Crippen LogP contribution in [-0.2, 0) is 25.7 Å². The number of fused-ring (bicyclic) bond motifs is 1. The van der Waals surface area contributed by atoms with E-state index in [9.17, 15) is 19.2 Å². The number of halogens is 2. The number of hydrogen-bond donors (Lipinski definition) is 2. The van der Waals surface area contributed by atoms with Gasteiger partial charge in [-0.25, -0.2) is 9.79 Å². The van der Waals surface area contributed by atoms with Crippen LogP contribution in [0, 0.1) is 0 Å². The standard InChI is InChI=1S/C32H32Br2N4O6/c1-19(39)36-27(32(42)44-3)9-4-5-14-35-30(40)21-7-6-8-23(15-21)37-28-25-16-22(33)17-26(34)29(25)38(31(28)41)18-20-10-12-24(43-2)13-11-20/h6-8,10-13,15-17,27H,4-5,9,14,18H2,1-3H3,(H,35,40)(H,36,39)/t27-/m0/s1. The Morgan fingerprint density at radius 3 is 2.43 bits per heavy atom. The molecule has 12 heteroatoms. The molecule has 0 fully saturated rings. The predicted octanol–water partition coefficient (Wildman–Crippen LogP) is 5.47. The first kappa shape index (κ1) is 32.9. The molecule has 0 aromatic heterocycles. The molecule has 1 heterocycles. The summed E-state index contributed by atoms with van der Waals surface area (Å²) < 4.78 is 11.5. The van der Waals surface area contributed by atoms with Crippen molar-refractivity contribution in [3.05, 3.63) is 86.3 Å². The lowest BCUT2D eigenvalue weighted by molar-refractivity contribution is -0.145. The number of carbonyl (C=O) groups excluding carboxylic acids is 4. The number of nitrogens with one attached hydrogen (secondary N) is 2. The quantitative estimate of drug-likeness (QED) is 0.189. The van der Waals surface area contributed by atoms with E-state index in [1.807, 2.05) is 36.4 Å². The largest absolute Gasteiger partial charge is 0.497 e. The minimum absolute atomic E-state index is 0.256. The first-order valence-corrected chi connectivity index (χ1v) is 15.5. The van der Waals surface area contributed by atoms with E-state index in [1.165, 1.54) is 14.0 Å². The van der Waals surface area contributed by atoms with E-state index in [4.69, 9.17) is 14.5 Å². The van der Waals surface area contributed by atoms with Crippen molar-refractivity contribution < 1.29 is 28.7 Å². The summed E-state index contributed by atoms with van der Waals surface area (Å²) in [6, 6.07) is 17.3. The third-order valence-electron chi connectivity index (χ3n) is 6.92. The van der Waals surface area contributed by atoms with Crippen LogP contribution in [0.15, 0.2) is 74.6 Å². The average molecular weight is 728 g/mol. The van der Waals surface area contributed by atoms with Gasteiger partial charge in [0, 0.05) is 33.5 Å². The van der Waals surface area contributed by atoms with E-state index < -0.39 is 12.0 Å². The Morgan fingerprint density at radius 1 is 1.00 bits per heavy atom. The summed E-state index contributed by atoms with van der Waals surface area (Å²) in [7, 11) is 2.88. The van der Waals surface area contributed by atoms with E-state index >= 15 is 0 Å². The minimum atomic E-state index is -0.721. The molecule has 0 bridgehead atoms. The van der Waals surface area contributed by atoms with Crippen molar-refractivity contribution in [2.75, 3.05) is 25.7 Å². The van der Waals surface area contributed by atoms with Crippen LogP contribution >= 0.6 is 31.9 Å². The molecule has 3 amide bonds. The molecular formula is C32H32Br2N4O6. The lowest BCUT2D eigenvalue weighted by Crippen LogP contribution is -2.40. The maximum absolute atomic E-state index is 13.8. The molecule has 230 valence electrons. The van der Waals surface area contributed by atoms with Crippen molar-refractivity contribution >= 4 is 72.6 Å². The number of amides is 3. The molecule has 0 radical (unpaired) electrons.